The number of hydrogen-bond donors (Lipinski definition) is 1. The Morgan fingerprint density at radius 1 is 0.610 bits per heavy atom. The van der Waals surface area contributed by atoms with Crippen molar-refractivity contribution in [3.8, 4) is 0 Å². The van der Waals surface area contributed by atoms with E-state index in [0.717, 1.165) is 22.3 Å². The normalized spacial score (nSPS) is 12.5. The number of carbonyl (C=O) groups excluding carboxylic acids is 3. The highest BCUT2D eigenvalue weighted by Gasteiger charge is 2.43. The lowest BCUT2D eigenvalue weighted by Crippen LogP contribution is -2.54. The summed E-state index contributed by atoms with van der Waals surface area (Å²) in [5, 5.41) is 3.52. The minimum atomic E-state index is -1.37. The van der Waals surface area contributed by atoms with Crippen LogP contribution in [-0.4, -0.2) is 38.2 Å². The molecule has 41 heavy (non-hydrogen) atoms. The second kappa shape index (κ2) is 14.1. The van der Waals surface area contributed by atoms with Gasteiger partial charge in [0, 0.05) is 0 Å². The molecule has 0 aliphatic heterocycles. The van der Waals surface area contributed by atoms with Crippen LogP contribution >= 0.6 is 0 Å². The summed E-state index contributed by atoms with van der Waals surface area (Å²) < 4.78 is 15.6. The third-order valence-electron chi connectivity index (χ3n) is 6.96. The molecule has 0 fully saturated rings. The zero-order valence-electron chi connectivity index (χ0n) is 23.1. The standard InChI is InChI=1S/C34H33NO6/c1-39-31(36)29(32(37)41-24-25-15-7-3-8-16-25)23-30(33(38)40-2)35-34(26-17-9-4-10-18-26,27-19-11-5-12-20-27)28-21-13-6-14-22-28/h3-22,29-30,35H,23-24H2,1-2H3/t29?,30-/m0/s1. The first kappa shape index (κ1) is 29.2. The number of methoxy groups -OCH3 is 2. The Hall–Kier alpha value is -4.75. The Bertz CT molecular complexity index is 1310. The van der Waals surface area contributed by atoms with Crippen LogP contribution < -0.4 is 5.32 Å². The van der Waals surface area contributed by atoms with E-state index < -0.39 is 35.4 Å². The summed E-state index contributed by atoms with van der Waals surface area (Å²) in [5.74, 6) is -3.60. The van der Waals surface area contributed by atoms with Crippen molar-refractivity contribution in [1.82, 2.24) is 5.32 Å². The fourth-order valence-electron chi connectivity index (χ4n) is 4.93. The van der Waals surface area contributed by atoms with Gasteiger partial charge >= 0.3 is 17.9 Å². The molecule has 0 aliphatic rings. The maximum absolute atomic E-state index is 13.3. The van der Waals surface area contributed by atoms with Gasteiger partial charge in [0.15, 0.2) is 5.92 Å². The molecule has 7 nitrogen and oxygen atoms in total. The third kappa shape index (κ3) is 6.88. The van der Waals surface area contributed by atoms with E-state index in [2.05, 4.69) is 5.32 Å². The van der Waals surface area contributed by atoms with E-state index in [0.29, 0.717) is 0 Å². The molecule has 1 unspecified atom stereocenters. The molecule has 0 saturated heterocycles. The van der Waals surface area contributed by atoms with Crippen molar-refractivity contribution in [2.45, 2.75) is 24.6 Å². The molecule has 0 radical (unpaired) electrons. The summed E-state index contributed by atoms with van der Waals surface area (Å²) in [4.78, 5) is 39.5. The lowest BCUT2D eigenvalue weighted by atomic mass is 9.76. The quantitative estimate of drug-likeness (QED) is 0.114. The average molecular weight is 552 g/mol. The summed E-state index contributed by atoms with van der Waals surface area (Å²) in [5.41, 5.74) is 2.29. The van der Waals surface area contributed by atoms with E-state index in [1.54, 1.807) is 0 Å². The topological polar surface area (TPSA) is 90.9 Å². The molecule has 0 saturated carbocycles. The maximum atomic E-state index is 13.3. The molecule has 0 bridgehead atoms. The fraction of sp³-hybridized carbons (Fsp3) is 0.206. The molecule has 0 heterocycles. The van der Waals surface area contributed by atoms with Crippen LogP contribution in [0.5, 0.6) is 0 Å². The molecular weight excluding hydrogens is 518 g/mol. The lowest BCUT2D eigenvalue weighted by molar-refractivity contribution is -0.162. The largest absolute Gasteiger partial charge is 0.468 e. The summed E-state index contributed by atoms with van der Waals surface area (Å²) in [6.45, 7) is -0.0224. The van der Waals surface area contributed by atoms with Gasteiger partial charge in [0.2, 0.25) is 0 Å². The highest BCUT2D eigenvalue weighted by atomic mass is 16.5. The Morgan fingerprint density at radius 3 is 1.44 bits per heavy atom. The predicted octanol–water partition coefficient (Wildman–Crippen LogP) is 5.03. The highest BCUT2D eigenvalue weighted by Crippen LogP contribution is 2.38. The molecule has 0 spiro atoms. The third-order valence-corrected chi connectivity index (χ3v) is 6.96. The molecule has 0 aromatic heterocycles. The predicted molar refractivity (Wildman–Crippen MR) is 155 cm³/mol. The minimum absolute atomic E-state index is 0.0224. The van der Waals surface area contributed by atoms with Crippen molar-refractivity contribution in [2.75, 3.05) is 14.2 Å². The molecule has 4 aromatic rings. The molecule has 0 amide bonds. The summed E-state index contributed by atoms with van der Waals surface area (Å²) in [7, 11) is 2.47. The summed E-state index contributed by atoms with van der Waals surface area (Å²) >= 11 is 0. The van der Waals surface area contributed by atoms with E-state index in [1.165, 1.54) is 14.2 Å². The molecular formula is C34H33NO6. The molecule has 1 N–H and O–H groups in total. The van der Waals surface area contributed by atoms with Crippen LogP contribution in [0.25, 0.3) is 0 Å². The van der Waals surface area contributed by atoms with Crippen LogP contribution in [0.3, 0.4) is 0 Å². The molecule has 210 valence electrons. The van der Waals surface area contributed by atoms with Crippen molar-refractivity contribution < 1.29 is 28.6 Å². The zero-order valence-corrected chi connectivity index (χ0v) is 23.1. The van der Waals surface area contributed by atoms with Gasteiger partial charge in [-0.3, -0.25) is 19.7 Å². The van der Waals surface area contributed by atoms with Crippen molar-refractivity contribution in [3.05, 3.63) is 144 Å². The average Bonchev–Trinajstić information content (AvgIpc) is 3.05. The second-order valence-corrected chi connectivity index (χ2v) is 9.47. The first-order valence-electron chi connectivity index (χ1n) is 13.3. The first-order valence-corrected chi connectivity index (χ1v) is 13.3. The van der Waals surface area contributed by atoms with E-state index in [4.69, 9.17) is 14.2 Å². The minimum Gasteiger partial charge on any atom is -0.468 e. The van der Waals surface area contributed by atoms with Gasteiger partial charge in [-0.15, -0.1) is 0 Å². The SMILES string of the molecule is COC(=O)C(C[C@H](NC(c1ccccc1)(c1ccccc1)c1ccccc1)C(=O)OC)C(=O)OCc1ccccc1. The number of benzene rings is 4. The number of carbonyl (C=O) groups is 3. The number of hydrogen-bond acceptors (Lipinski definition) is 7. The van der Waals surface area contributed by atoms with Crippen LogP contribution in [0.15, 0.2) is 121 Å². The molecule has 2 atom stereocenters. The lowest BCUT2D eigenvalue weighted by Gasteiger charge is -2.39. The van der Waals surface area contributed by atoms with E-state index in [1.807, 2.05) is 121 Å². The van der Waals surface area contributed by atoms with Crippen LogP contribution in [0.2, 0.25) is 0 Å². The van der Waals surface area contributed by atoms with E-state index in [-0.39, 0.29) is 13.0 Å². The first-order chi connectivity index (χ1) is 20.0. The Balaban J connectivity index is 1.77. The van der Waals surface area contributed by atoms with Gasteiger partial charge < -0.3 is 14.2 Å². The van der Waals surface area contributed by atoms with E-state index >= 15 is 0 Å². The maximum Gasteiger partial charge on any atom is 0.322 e. The van der Waals surface area contributed by atoms with Crippen molar-refractivity contribution in [3.63, 3.8) is 0 Å². The second-order valence-electron chi connectivity index (χ2n) is 9.47. The molecule has 7 heteroatoms. The fourth-order valence-corrected chi connectivity index (χ4v) is 4.93. The number of rotatable bonds is 12. The number of ether oxygens (including phenoxy) is 3. The van der Waals surface area contributed by atoms with Crippen LogP contribution in [0, 0.1) is 5.92 Å². The molecule has 0 aliphatic carbocycles. The van der Waals surface area contributed by atoms with Gasteiger partial charge in [0.1, 0.15) is 12.6 Å². The van der Waals surface area contributed by atoms with Gasteiger partial charge in [0.25, 0.3) is 0 Å². The Labute approximate surface area is 240 Å². The Kier molecular flexibility index (Phi) is 10.0. The summed E-state index contributed by atoms with van der Waals surface area (Å²) in [6.07, 6.45) is -0.249. The van der Waals surface area contributed by atoms with Gasteiger partial charge in [-0.2, -0.15) is 0 Å². The van der Waals surface area contributed by atoms with Crippen LogP contribution in [0.1, 0.15) is 28.7 Å². The van der Waals surface area contributed by atoms with Crippen molar-refractivity contribution >= 4 is 17.9 Å². The summed E-state index contributed by atoms with van der Waals surface area (Å²) in [6, 6.07) is 37.1. The van der Waals surface area contributed by atoms with Crippen LogP contribution in [0.4, 0.5) is 0 Å². The van der Waals surface area contributed by atoms with Gasteiger partial charge in [-0.1, -0.05) is 121 Å². The Morgan fingerprint density at radius 2 is 1.02 bits per heavy atom. The number of nitrogens with one attached hydrogen (secondary N) is 1. The monoisotopic (exact) mass is 551 g/mol. The van der Waals surface area contributed by atoms with Crippen LogP contribution in [-0.2, 0) is 40.7 Å². The number of esters is 3. The van der Waals surface area contributed by atoms with Crippen molar-refractivity contribution in [1.29, 1.82) is 0 Å². The van der Waals surface area contributed by atoms with Gasteiger partial charge in [0.05, 0.1) is 19.8 Å². The van der Waals surface area contributed by atoms with Gasteiger partial charge in [-0.25, -0.2) is 0 Å². The van der Waals surface area contributed by atoms with Gasteiger partial charge in [-0.05, 0) is 28.7 Å². The van der Waals surface area contributed by atoms with Crippen molar-refractivity contribution in [2.24, 2.45) is 5.92 Å². The molecule has 4 aromatic carbocycles. The smallest absolute Gasteiger partial charge is 0.322 e. The highest BCUT2D eigenvalue weighted by molar-refractivity contribution is 5.95. The zero-order chi connectivity index (χ0) is 29.1. The molecule has 4 rings (SSSR count). The van der Waals surface area contributed by atoms with E-state index in [9.17, 15) is 14.4 Å².